The molecule has 1 fully saturated rings. The van der Waals surface area contributed by atoms with Gasteiger partial charge in [-0.25, -0.2) is 0 Å². The smallest absolute Gasteiger partial charge is 0.308 e. The summed E-state index contributed by atoms with van der Waals surface area (Å²) in [4.78, 5) is 17.9. The van der Waals surface area contributed by atoms with Gasteiger partial charge in [0.2, 0.25) is 0 Å². The van der Waals surface area contributed by atoms with Crippen LogP contribution < -0.4 is 0 Å². The Balaban J connectivity index is 1.76. The largest absolute Gasteiger partial charge is 0.481 e. The van der Waals surface area contributed by atoms with E-state index in [9.17, 15) is 9.90 Å². The minimum atomic E-state index is -0.722. The van der Waals surface area contributed by atoms with Crippen molar-refractivity contribution < 1.29 is 9.90 Å². The number of pyridine rings is 1. The summed E-state index contributed by atoms with van der Waals surface area (Å²) in [7, 11) is 0. The van der Waals surface area contributed by atoms with Crippen molar-refractivity contribution in [1.82, 2.24) is 9.88 Å². The predicted molar refractivity (Wildman–Crippen MR) is 84.6 cm³/mol. The monoisotopic (exact) mass is 296 g/mol. The number of nitrogens with zero attached hydrogens (tertiary/aromatic N) is 2. The van der Waals surface area contributed by atoms with Crippen molar-refractivity contribution >= 4 is 5.97 Å². The first-order chi connectivity index (χ1) is 10.6. The summed E-state index contributed by atoms with van der Waals surface area (Å²) in [6.07, 6.45) is 3.51. The van der Waals surface area contributed by atoms with Crippen LogP contribution in [-0.2, 0) is 11.3 Å². The number of benzene rings is 1. The number of rotatable bonds is 4. The number of aromatic nitrogens is 1. The minimum absolute atomic E-state index is 0.0108. The highest BCUT2D eigenvalue weighted by Gasteiger charge is 2.38. The maximum Gasteiger partial charge on any atom is 0.308 e. The lowest BCUT2D eigenvalue weighted by Gasteiger charge is -2.16. The van der Waals surface area contributed by atoms with Gasteiger partial charge >= 0.3 is 5.97 Å². The zero-order valence-electron chi connectivity index (χ0n) is 12.6. The summed E-state index contributed by atoms with van der Waals surface area (Å²) < 4.78 is 0. The number of aryl methyl sites for hydroxylation is 1. The summed E-state index contributed by atoms with van der Waals surface area (Å²) in [6.45, 7) is 4.21. The van der Waals surface area contributed by atoms with Gasteiger partial charge in [0.15, 0.2) is 0 Å². The maximum atomic E-state index is 11.6. The number of likely N-dealkylation sites (tertiary alicyclic amines) is 1. The van der Waals surface area contributed by atoms with Crippen LogP contribution in [-0.4, -0.2) is 34.0 Å². The first-order valence-electron chi connectivity index (χ1n) is 7.54. The zero-order chi connectivity index (χ0) is 15.5. The third-order valence-corrected chi connectivity index (χ3v) is 4.35. The minimum Gasteiger partial charge on any atom is -0.481 e. The first-order valence-corrected chi connectivity index (χ1v) is 7.54. The van der Waals surface area contributed by atoms with E-state index in [1.165, 1.54) is 11.1 Å². The molecule has 1 saturated heterocycles. The normalized spacial score (nSPS) is 21.9. The van der Waals surface area contributed by atoms with Crippen molar-refractivity contribution in [3.63, 3.8) is 0 Å². The van der Waals surface area contributed by atoms with Crippen LogP contribution in [0, 0.1) is 12.8 Å². The Hall–Kier alpha value is -2.20. The van der Waals surface area contributed by atoms with Gasteiger partial charge in [-0.05, 0) is 24.1 Å². The molecule has 22 heavy (non-hydrogen) atoms. The van der Waals surface area contributed by atoms with Gasteiger partial charge in [-0.15, -0.1) is 0 Å². The van der Waals surface area contributed by atoms with Crippen LogP contribution >= 0.6 is 0 Å². The molecule has 0 amide bonds. The Kier molecular flexibility index (Phi) is 4.20. The van der Waals surface area contributed by atoms with Gasteiger partial charge in [0.05, 0.1) is 5.92 Å². The van der Waals surface area contributed by atoms with Crippen molar-refractivity contribution in [2.75, 3.05) is 13.1 Å². The maximum absolute atomic E-state index is 11.6. The molecule has 0 spiro atoms. The van der Waals surface area contributed by atoms with Gasteiger partial charge in [0.25, 0.3) is 0 Å². The molecule has 2 heterocycles. The van der Waals surface area contributed by atoms with E-state index in [1.807, 2.05) is 12.1 Å². The summed E-state index contributed by atoms with van der Waals surface area (Å²) in [5.41, 5.74) is 3.48. The van der Waals surface area contributed by atoms with Gasteiger partial charge in [0.1, 0.15) is 0 Å². The molecule has 0 unspecified atom stereocenters. The average Bonchev–Trinajstić information content (AvgIpc) is 2.95. The van der Waals surface area contributed by atoms with Gasteiger partial charge in [-0.2, -0.15) is 0 Å². The van der Waals surface area contributed by atoms with Crippen LogP contribution in [0.4, 0.5) is 0 Å². The van der Waals surface area contributed by atoms with E-state index in [0.29, 0.717) is 6.54 Å². The lowest BCUT2D eigenvalue weighted by atomic mass is 9.90. The number of carboxylic acids is 1. The molecule has 1 aliphatic rings. The summed E-state index contributed by atoms with van der Waals surface area (Å²) in [6, 6.07) is 12.3. The summed E-state index contributed by atoms with van der Waals surface area (Å²) in [5.74, 6) is -1.08. The van der Waals surface area contributed by atoms with Crippen molar-refractivity contribution in [3.8, 4) is 0 Å². The Morgan fingerprint density at radius 2 is 2.05 bits per heavy atom. The Bertz CT molecular complexity index is 640. The molecule has 1 aromatic heterocycles. The lowest BCUT2D eigenvalue weighted by Crippen LogP contribution is -2.23. The molecule has 2 aromatic rings. The molecule has 3 rings (SSSR count). The van der Waals surface area contributed by atoms with E-state index in [-0.39, 0.29) is 11.8 Å². The molecule has 4 nitrogen and oxygen atoms in total. The van der Waals surface area contributed by atoms with Crippen molar-refractivity contribution in [3.05, 3.63) is 65.5 Å². The Morgan fingerprint density at radius 1 is 1.27 bits per heavy atom. The molecule has 1 aliphatic heterocycles. The van der Waals surface area contributed by atoms with E-state index in [0.717, 1.165) is 18.7 Å². The average molecular weight is 296 g/mol. The first kappa shape index (κ1) is 14.7. The highest BCUT2D eigenvalue weighted by Crippen LogP contribution is 2.33. The van der Waals surface area contributed by atoms with Gasteiger partial charge in [0, 0.05) is 37.9 Å². The molecule has 1 N–H and O–H groups in total. The van der Waals surface area contributed by atoms with Crippen molar-refractivity contribution in [2.45, 2.75) is 19.4 Å². The van der Waals surface area contributed by atoms with Gasteiger partial charge in [-0.1, -0.05) is 35.9 Å². The molecule has 4 heteroatoms. The summed E-state index contributed by atoms with van der Waals surface area (Å²) >= 11 is 0. The van der Waals surface area contributed by atoms with Gasteiger partial charge < -0.3 is 5.11 Å². The van der Waals surface area contributed by atoms with Crippen LogP contribution in [0.15, 0.2) is 48.8 Å². The molecular weight excluding hydrogens is 276 g/mol. The van der Waals surface area contributed by atoms with E-state index in [2.05, 4.69) is 41.1 Å². The number of hydrogen-bond acceptors (Lipinski definition) is 3. The fourth-order valence-electron chi connectivity index (χ4n) is 3.15. The lowest BCUT2D eigenvalue weighted by molar-refractivity contribution is -0.141. The number of hydrogen-bond donors (Lipinski definition) is 1. The van der Waals surface area contributed by atoms with Crippen molar-refractivity contribution in [2.24, 2.45) is 5.92 Å². The Morgan fingerprint density at radius 3 is 2.68 bits per heavy atom. The van der Waals surface area contributed by atoms with E-state index in [1.54, 1.807) is 12.4 Å². The Labute approximate surface area is 130 Å². The topological polar surface area (TPSA) is 53.4 Å². The van der Waals surface area contributed by atoms with E-state index >= 15 is 0 Å². The van der Waals surface area contributed by atoms with Crippen LogP contribution in [0.3, 0.4) is 0 Å². The van der Waals surface area contributed by atoms with Crippen LogP contribution in [0.25, 0.3) is 0 Å². The van der Waals surface area contributed by atoms with Gasteiger partial charge in [-0.3, -0.25) is 14.7 Å². The quantitative estimate of drug-likeness (QED) is 0.942. The van der Waals surface area contributed by atoms with Crippen LogP contribution in [0.2, 0.25) is 0 Å². The molecule has 0 radical (unpaired) electrons. The number of carboxylic acid groups (broad SMARTS) is 1. The molecule has 114 valence electrons. The summed E-state index contributed by atoms with van der Waals surface area (Å²) in [5, 5.41) is 9.52. The second-order valence-electron chi connectivity index (χ2n) is 6.02. The molecule has 1 aromatic carbocycles. The number of carbonyl (C=O) groups is 1. The fraction of sp³-hybridized carbons (Fsp3) is 0.333. The highest BCUT2D eigenvalue weighted by atomic mass is 16.4. The highest BCUT2D eigenvalue weighted by molar-refractivity contribution is 5.72. The van der Waals surface area contributed by atoms with Crippen LogP contribution in [0.1, 0.15) is 22.6 Å². The van der Waals surface area contributed by atoms with Crippen molar-refractivity contribution in [1.29, 1.82) is 0 Å². The molecule has 0 bridgehead atoms. The molecule has 2 atom stereocenters. The predicted octanol–water partition coefficient (Wildman–Crippen LogP) is 2.69. The van der Waals surface area contributed by atoms with E-state index < -0.39 is 5.97 Å². The molecule has 0 saturated carbocycles. The number of aliphatic carboxylic acids is 1. The third-order valence-electron chi connectivity index (χ3n) is 4.35. The zero-order valence-corrected chi connectivity index (χ0v) is 12.6. The van der Waals surface area contributed by atoms with E-state index in [4.69, 9.17) is 0 Å². The second-order valence-corrected chi connectivity index (χ2v) is 6.02. The third kappa shape index (κ3) is 3.17. The van der Waals surface area contributed by atoms with Crippen LogP contribution in [0.5, 0.6) is 0 Å². The second kappa shape index (κ2) is 6.28. The standard InChI is InChI=1S/C18H20N2O2/c1-13-4-6-14(7-5-13)10-20-11-16(17(12-20)18(21)22)15-3-2-8-19-9-15/h2-9,16-17H,10-12H2,1H3,(H,21,22)/t16-,17-/m0/s1. The molecule has 0 aliphatic carbocycles. The SMILES string of the molecule is Cc1ccc(CN2C[C@H](C(=O)O)[C@H](c3cccnc3)C2)cc1. The fourth-order valence-corrected chi connectivity index (χ4v) is 3.15. The molecular formula is C18H20N2O2.